The van der Waals surface area contributed by atoms with Gasteiger partial charge in [-0.25, -0.2) is 0 Å². The van der Waals surface area contributed by atoms with E-state index in [9.17, 15) is 4.79 Å². The van der Waals surface area contributed by atoms with Crippen LogP contribution in [0, 0.1) is 12.8 Å². The van der Waals surface area contributed by atoms with Crippen LogP contribution in [0.2, 0.25) is 0 Å². The quantitative estimate of drug-likeness (QED) is 0.785. The van der Waals surface area contributed by atoms with Gasteiger partial charge in [-0.2, -0.15) is 11.8 Å². The van der Waals surface area contributed by atoms with E-state index in [1.807, 2.05) is 7.05 Å². The fourth-order valence-electron chi connectivity index (χ4n) is 2.57. The molecular weight excluding hydrogens is 270 g/mol. The van der Waals surface area contributed by atoms with Crippen LogP contribution in [0.3, 0.4) is 0 Å². The van der Waals surface area contributed by atoms with Crippen molar-refractivity contribution >= 4 is 17.7 Å². The van der Waals surface area contributed by atoms with Gasteiger partial charge in [-0.3, -0.25) is 4.79 Å². The first-order valence-electron chi connectivity index (χ1n) is 7.03. The number of benzene rings is 1. The third-order valence-electron chi connectivity index (χ3n) is 4.12. The van der Waals surface area contributed by atoms with Gasteiger partial charge in [0.25, 0.3) is 0 Å². The number of carbonyl (C=O) groups excluding carboxylic acids is 1. The summed E-state index contributed by atoms with van der Waals surface area (Å²) in [5.41, 5.74) is 2.13. The largest absolute Gasteiger partial charge is 0.468 e. The standard InChI is InChI=1S/C16H23NO2S/c1-12-6-4-5-7-13(12)10-20-11-16(17-2,14-8-9-14)15(18)19-3/h4-7,14,17H,8-11H2,1-3H3. The zero-order chi connectivity index (χ0) is 14.6. The second-order valence-electron chi connectivity index (χ2n) is 5.41. The molecule has 0 bridgehead atoms. The highest BCUT2D eigenvalue weighted by molar-refractivity contribution is 7.98. The minimum atomic E-state index is -0.512. The van der Waals surface area contributed by atoms with Crippen molar-refractivity contribution in [2.75, 3.05) is 19.9 Å². The van der Waals surface area contributed by atoms with Gasteiger partial charge in [0.15, 0.2) is 0 Å². The Morgan fingerprint density at radius 3 is 2.70 bits per heavy atom. The van der Waals surface area contributed by atoms with Crippen LogP contribution in [0.15, 0.2) is 24.3 Å². The number of hydrogen-bond donors (Lipinski definition) is 1. The van der Waals surface area contributed by atoms with Crippen molar-refractivity contribution in [2.45, 2.75) is 31.1 Å². The lowest BCUT2D eigenvalue weighted by molar-refractivity contribution is -0.148. The van der Waals surface area contributed by atoms with Crippen molar-refractivity contribution in [1.29, 1.82) is 0 Å². The number of esters is 1. The summed E-state index contributed by atoms with van der Waals surface area (Å²) in [6.07, 6.45) is 2.22. The first kappa shape index (κ1) is 15.4. The Labute approximate surface area is 125 Å². The van der Waals surface area contributed by atoms with Gasteiger partial charge in [0.2, 0.25) is 0 Å². The van der Waals surface area contributed by atoms with Crippen LogP contribution in [-0.2, 0) is 15.3 Å². The summed E-state index contributed by atoms with van der Waals surface area (Å²) in [7, 11) is 3.34. The minimum Gasteiger partial charge on any atom is -0.468 e. The highest BCUT2D eigenvalue weighted by Crippen LogP contribution is 2.42. The fourth-order valence-corrected chi connectivity index (χ4v) is 4.04. The molecule has 1 aliphatic carbocycles. The maximum atomic E-state index is 12.2. The third kappa shape index (κ3) is 3.18. The van der Waals surface area contributed by atoms with Gasteiger partial charge >= 0.3 is 5.97 Å². The number of ether oxygens (including phenoxy) is 1. The molecule has 20 heavy (non-hydrogen) atoms. The average molecular weight is 293 g/mol. The number of nitrogens with one attached hydrogen (secondary N) is 1. The van der Waals surface area contributed by atoms with Crippen LogP contribution in [-0.4, -0.2) is 31.4 Å². The summed E-state index contributed by atoms with van der Waals surface area (Å²) < 4.78 is 5.02. The molecule has 110 valence electrons. The van der Waals surface area contributed by atoms with Gasteiger partial charge in [-0.05, 0) is 43.9 Å². The van der Waals surface area contributed by atoms with E-state index < -0.39 is 5.54 Å². The Bertz CT molecular complexity index is 473. The predicted octanol–water partition coefficient (Wildman–Crippen LogP) is 2.77. The normalized spacial score (nSPS) is 17.6. The van der Waals surface area contributed by atoms with Gasteiger partial charge in [-0.15, -0.1) is 0 Å². The van der Waals surface area contributed by atoms with Crippen molar-refractivity contribution < 1.29 is 9.53 Å². The van der Waals surface area contributed by atoms with E-state index in [4.69, 9.17) is 4.74 Å². The number of methoxy groups -OCH3 is 1. The Kier molecular flexibility index (Phi) is 5.11. The number of aryl methyl sites for hydroxylation is 1. The second kappa shape index (κ2) is 6.64. The average Bonchev–Trinajstić information content (AvgIpc) is 3.30. The van der Waals surface area contributed by atoms with Crippen molar-refractivity contribution in [3.8, 4) is 0 Å². The molecule has 1 aliphatic rings. The molecule has 0 spiro atoms. The van der Waals surface area contributed by atoms with E-state index in [-0.39, 0.29) is 5.97 Å². The van der Waals surface area contributed by atoms with Crippen molar-refractivity contribution in [1.82, 2.24) is 5.32 Å². The van der Waals surface area contributed by atoms with Gasteiger partial charge in [0.05, 0.1) is 7.11 Å². The molecule has 0 aliphatic heterocycles. The SMILES string of the molecule is CNC(CSCc1ccccc1C)(C(=O)OC)C1CC1. The zero-order valence-corrected chi connectivity index (χ0v) is 13.3. The van der Waals surface area contributed by atoms with Crippen LogP contribution in [0.25, 0.3) is 0 Å². The Morgan fingerprint density at radius 2 is 2.15 bits per heavy atom. The van der Waals surface area contributed by atoms with E-state index >= 15 is 0 Å². The number of hydrogen-bond acceptors (Lipinski definition) is 4. The lowest BCUT2D eigenvalue weighted by atomic mass is 9.96. The molecule has 1 unspecified atom stereocenters. The first-order chi connectivity index (χ1) is 9.64. The van der Waals surface area contributed by atoms with Crippen LogP contribution < -0.4 is 5.32 Å². The summed E-state index contributed by atoms with van der Waals surface area (Å²) in [5, 5.41) is 3.23. The van der Waals surface area contributed by atoms with E-state index in [1.165, 1.54) is 18.2 Å². The smallest absolute Gasteiger partial charge is 0.327 e. The molecule has 0 amide bonds. The monoisotopic (exact) mass is 293 g/mol. The van der Waals surface area contributed by atoms with Gasteiger partial charge in [0, 0.05) is 11.5 Å². The molecule has 2 rings (SSSR count). The molecule has 1 fully saturated rings. The predicted molar refractivity (Wildman–Crippen MR) is 83.9 cm³/mol. The number of rotatable bonds is 7. The van der Waals surface area contributed by atoms with Gasteiger partial charge in [-0.1, -0.05) is 24.3 Å². The molecule has 1 aromatic rings. The molecule has 1 N–H and O–H groups in total. The van der Waals surface area contributed by atoms with Crippen LogP contribution in [0.5, 0.6) is 0 Å². The van der Waals surface area contributed by atoms with Crippen LogP contribution >= 0.6 is 11.8 Å². The van der Waals surface area contributed by atoms with Gasteiger partial charge in [0.1, 0.15) is 5.54 Å². The highest BCUT2D eigenvalue weighted by Gasteiger charge is 2.50. The van der Waals surface area contributed by atoms with E-state index in [2.05, 4.69) is 36.5 Å². The lowest BCUT2D eigenvalue weighted by Gasteiger charge is -2.30. The molecule has 0 aromatic heterocycles. The fraction of sp³-hybridized carbons (Fsp3) is 0.562. The maximum Gasteiger partial charge on any atom is 0.327 e. The van der Waals surface area contributed by atoms with Gasteiger partial charge < -0.3 is 10.1 Å². The van der Waals surface area contributed by atoms with E-state index in [0.29, 0.717) is 5.92 Å². The zero-order valence-electron chi connectivity index (χ0n) is 12.4. The molecule has 1 atom stereocenters. The van der Waals surface area contributed by atoms with Crippen molar-refractivity contribution in [3.63, 3.8) is 0 Å². The number of carbonyl (C=O) groups is 1. The Morgan fingerprint density at radius 1 is 1.45 bits per heavy atom. The van der Waals surface area contributed by atoms with Crippen molar-refractivity contribution in [3.05, 3.63) is 35.4 Å². The Balaban J connectivity index is 1.99. The number of thioether (sulfide) groups is 1. The summed E-state index contributed by atoms with van der Waals surface area (Å²) in [6.45, 7) is 2.13. The minimum absolute atomic E-state index is 0.125. The van der Waals surface area contributed by atoms with E-state index in [0.717, 1.165) is 24.3 Å². The molecular formula is C16H23NO2S. The Hall–Kier alpha value is -1.00. The highest BCUT2D eigenvalue weighted by atomic mass is 32.2. The molecule has 3 nitrogen and oxygen atoms in total. The third-order valence-corrected chi connectivity index (χ3v) is 5.29. The van der Waals surface area contributed by atoms with E-state index in [1.54, 1.807) is 11.8 Å². The molecule has 0 radical (unpaired) electrons. The van der Waals surface area contributed by atoms with Crippen LogP contribution in [0.4, 0.5) is 0 Å². The summed E-state index contributed by atoms with van der Waals surface area (Å²) in [4.78, 5) is 12.2. The van der Waals surface area contributed by atoms with Crippen molar-refractivity contribution in [2.24, 2.45) is 5.92 Å². The molecule has 0 heterocycles. The lowest BCUT2D eigenvalue weighted by Crippen LogP contribution is -2.55. The summed E-state index contributed by atoms with van der Waals surface area (Å²) in [5.74, 6) is 1.98. The second-order valence-corrected chi connectivity index (χ2v) is 6.39. The topological polar surface area (TPSA) is 38.3 Å². The molecule has 1 aromatic carbocycles. The van der Waals surface area contributed by atoms with Crippen LogP contribution in [0.1, 0.15) is 24.0 Å². The summed E-state index contributed by atoms with van der Waals surface area (Å²) >= 11 is 1.80. The molecule has 4 heteroatoms. The molecule has 0 saturated heterocycles. The number of likely N-dealkylation sites (N-methyl/N-ethyl adjacent to an activating group) is 1. The summed E-state index contributed by atoms with van der Waals surface area (Å²) in [6, 6.07) is 8.40. The first-order valence-corrected chi connectivity index (χ1v) is 8.19. The maximum absolute atomic E-state index is 12.2. The molecule has 1 saturated carbocycles.